The third kappa shape index (κ3) is 1.72. The second kappa shape index (κ2) is 4.64. The van der Waals surface area contributed by atoms with E-state index in [-0.39, 0.29) is 11.3 Å². The molecule has 2 fully saturated rings. The summed E-state index contributed by atoms with van der Waals surface area (Å²) in [5.74, 6) is 5.94. The van der Waals surface area contributed by atoms with Gasteiger partial charge in [-0.05, 0) is 42.9 Å². The van der Waals surface area contributed by atoms with E-state index in [0.717, 1.165) is 12.8 Å². The van der Waals surface area contributed by atoms with Crippen molar-refractivity contribution >= 4 is 5.71 Å². The topological polar surface area (TPSA) is 82.4 Å². The molecule has 0 aromatic carbocycles. The molecule has 2 aliphatic carbocycles. The first-order valence-electron chi connectivity index (χ1n) is 6.95. The molecular weight excluding hydrogens is 238 g/mol. The summed E-state index contributed by atoms with van der Waals surface area (Å²) < 4.78 is 0. The number of fused-ring (bicyclic) bond motifs is 1. The smallest absolute Gasteiger partial charge is 0.113 e. The predicted molar refractivity (Wildman–Crippen MR) is 75.1 cm³/mol. The fraction of sp³-hybridized carbons (Fsp3) is 0.733. The summed E-state index contributed by atoms with van der Waals surface area (Å²) in [5, 5.41) is 24.0. The van der Waals surface area contributed by atoms with Crippen LogP contribution in [0, 0.1) is 34.0 Å². The summed E-state index contributed by atoms with van der Waals surface area (Å²) in [5.41, 5.74) is -0.306. The SMILES string of the molecule is C=C[C@@]1(C)[C@H](C)CC[C@@]2(C#N)C(O)/C(=N\N)CC[C@H]12. The van der Waals surface area contributed by atoms with Crippen LogP contribution in [0.5, 0.6) is 0 Å². The minimum Gasteiger partial charge on any atom is -0.385 e. The fourth-order valence-corrected chi connectivity index (χ4v) is 4.13. The van der Waals surface area contributed by atoms with Crippen LogP contribution in [0.2, 0.25) is 0 Å². The molecule has 3 N–H and O–H groups in total. The zero-order chi connectivity index (χ0) is 14.3. The van der Waals surface area contributed by atoms with Gasteiger partial charge in [-0.1, -0.05) is 19.9 Å². The molecule has 2 saturated carbocycles. The Balaban J connectivity index is 2.51. The molecule has 0 spiro atoms. The molecule has 2 aliphatic rings. The van der Waals surface area contributed by atoms with E-state index in [2.05, 4.69) is 31.6 Å². The highest BCUT2D eigenvalue weighted by atomic mass is 16.3. The highest BCUT2D eigenvalue weighted by molar-refractivity contribution is 5.90. The highest BCUT2D eigenvalue weighted by Gasteiger charge is 2.59. The van der Waals surface area contributed by atoms with Crippen LogP contribution in [0.3, 0.4) is 0 Å². The van der Waals surface area contributed by atoms with Gasteiger partial charge >= 0.3 is 0 Å². The maximum atomic E-state index is 10.6. The number of allylic oxidation sites excluding steroid dienone is 1. The molecular formula is C15H23N3O. The Labute approximate surface area is 115 Å². The van der Waals surface area contributed by atoms with Crippen molar-refractivity contribution in [2.75, 3.05) is 0 Å². The van der Waals surface area contributed by atoms with Crippen molar-refractivity contribution in [2.24, 2.45) is 33.6 Å². The molecule has 2 rings (SSSR count). The molecule has 4 heteroatoms. The first-order valence-corrected chi connectivity index (χ1v) is 6.95. The Hall–Kier alpha value is -1.34. The second-order valence-electron chi connectivity index (χ2n) is 6.28. The molecule has 19 heavy (non-hydrogen) atoms. The minimum absolute atomic E-state index is 0.116. The normalized spacial score (nSPS) is 48.3. The average molecular weight is 261 g/mol. The maximum absolute atomic E-state index is 10.6. The van der Waals surface area contributed by atoms with Crippen LogP contribution in [0.1, 0.15) is 39.5 Å². The lowest BCUT2D eigenvalue weighted by Crippen LogP contribution is -2.58. The molecule has 104 valence electrons. The van der Waals surface area contributed by atoms with E-state index >= 15 is 0 Å². The van der Waals surface area contributed by atoms with E-state index in [1.165, 1.54) is 0 Å². The van der Waals surface area contributed by atoms with Crippen molar-refractivity contribution < 1.29 is 5.11 Å². The minimum atomic E-state index is -0.840. The Morgan fingerprint density at radius 3 is 2.79 bits per heavy atom. The number of aliphatic hydroxyl groups excluding tert-OH is 1. The number of nitrogens with two attached hydrogens (primary N) is 1. The van der Waals surface area contributed by atoms with Crippen LogP contribution in [0.25, 0.3) is 0 Å². The highest BCUT2D eigenvalue weighted by Crippen LogP contribution is 2.59. The van der Waals surface area contributed by atoms with Crippen LogP contribution in [-0.2, 0) is 0 Å². The lowest BCUT2D eigenvalue weighted by molar-refractivity contribution is -0.0610. The maximum Gasteiger partial charge on any atom is 0.113 e. The van der Waals surface area contributed by atoms with E-state index in [1.54, 1.807) is 0 Å². The van der Waals surface area contributed by atoms with Crippen LogP contribution in [-0.4, -0.2) is 16.9 Å². The Bertz CT molecular complexity index is 453. The van der Waals surface area contributed by atoms with Gasteiger partial charge in [0, 0.05) is 0 Å². The zero-order valence-electron chi connectivity index (χ0n) is 11.8. The fourth-order valence-electron chi connectivity index (χ4n) is 4.13. The Morgan fingerprint density at radius 1 is 1.58 bits per heavy atom. The monoisotopic (exact) mass is 261 g/mol. The van der Waals surface area contributed by atoms with Crippen molar-refractivity contribution in [3.63, 3.8) is 0 Å². The molecule has 0 radical (unpaired) electrons. The largest absolute Gasteiger partial charge is 0.385 e. The third-order valence-corrected chi connectivity index (χ3v) is 5.73. The molecule has 0 aromatic heterocycles. The molecule has 1 unspecified atom stereocenters. The van der Waals surface area contributed by atoms with Crippen LogP contribution in [0.15, 0.2) is 17.8 Å². The lowest BCUT2D eigenvalue weighted by Gasteiger charge is -2.56. The standard InChI is InChI=1S/C15H23N3O/c1-4-14(3)10(2)7-8-15(9-16)12(14)6-5-11(18-17)13(15)19/h4,10,12-13,19H,1,5-8,17H2,2-3H3/b18-11-/t10-,12-,13?,14+,15+/m1/s1. The van der Waals surface area contributed by atoms with Crippen molar-refractivity contribution in [1.82, 2.24) is 0 Å². The van der Waals surface area contributed by atoms with Gasteiger partial charge in [0.2, 0.25) is 0 Å². The Kier molecular flexibility index (Phi) is 3.44. The first kappa shape index (κ1) is 14.1. The number of aliphatic hydroxyl groups is 1. The van der Waals surface area contributed by atoms with Crippen LogP contribution in [0.4, 0.5) is 0 Å². The summed E-state index contributed by atoms with van der Waals surface area (Å²) in [4.78, 5) is 0. The molecule has 0 heterocycles. The van der Waals surface area contributed by atoms with Crippen LogP contribution < -0.4 is 5.84 Å². The van der Waals surface area contributed by atoms with Crippen molar-refractivity contribution in [3.05, 3.63) is 12.7 Å². The zero-order valence-corrected chi connectivity index (χ0v) is 11.8. The quantitative estimate of drug-likeness (QED) is 0.431. The van der Waals surface area contributed by atoms with E-state index < -0.39 is 11.5 Å². The van der Waals surface area contributed by atoms with Crippen molar-refractivity contribution in [1.29, 1.82) is 5.26 Å². The summed E-state index contributed by atoms with van der Waals surface area (Å²) in [6.07, 6.45) is 4.27. The van der Waals surface area contributed by atoms with E-state index in [9.17, 15) is 10.4 Å². The van der Waals surface area contributed by atoms with Crippen LogP contribution >= 0.6 is 0 Å². The summed E-state index contributed by atoms with van der Waals surface area (Å²) >= 11 is 0. The van der Waals surface area contributed by atoms with E-state index in [1.807, 2.05) is 6.08 Å². The lowest BCUT2D eigenvalue weighted by atomic mass is 9.47. The third-order valence-electron chi connectivity index (χ3n) is 5.73. The first-order chi connectivity index (χ1) is 8.96. The second-order valence-corrected chi connectivity index (χ2v) is 6.28. The summed E-state index contributed by atoms with van der Waals surface area (Å²) in [6.45, 7) is 8.36. The molecule has 5 atom stereocenters. The van der Waals surface area contributed by atoms with Gasteiger partial charge in [0.15, 0.2) is 0 Å². The van der Waals surface area contributed by atoms with Gasteiger partial charge in [0.05, 0.1) is 17.2 Å². The van der Waals surface area contributed by atoms with Gasteiger partial charge in [0.25, 0.3) is 0 Å². The molecule has 4 nitrogen and oxygen atoms in total. The molecule has 0 saturated heterocycles. The molecule has 0 amide bonds. The van der Waals surface area contributed by atoms with Gasteiger partial charge < -0.3 is 10.9 Å². The number of nitrogens with zero attached hydrogens (tertiary/aromatic N) is 2. The number of hydrazone groups is 1. The number of hydrogen-bond acceptors (Lipinski definition) is 4. The summed E-state index contributed by atoms with van der Waals surface area (Å²) in [6, 6.07) is 2.41. The average Bonchev–Trinajstić information content (AvgIpc) is 2.44. The van der Waals surface area contributed by atoms with Crippen molar-refractivity contribution in [3.8, 4) is 6.07 Å². The number of rotatable bonds is 1. The van der Waals surface area contributed by atoms with E-state index in [4.69, 9.17) is 5.84 Å². The molecule has 0 aromatic rings. The predicted octanol–water partition coefficient (Wildman–Crippen LogP) is 2.20. The Morgan fingerprint density at radius 2 is 2.26 bits per heavy atom. The van der Waals surface area contributed by atoms with E-state index in [0.29, 0.717) is 24.5 Å². The van der Waals surface area contributed by atoms with Gasteiger partial charge in [-0.3, -0.25) is 0 Å². The molecule has 0 bridgehead atoms. The summed E-state index contributed by atoms with van der Waals surface area (Å²) in [7, 11) is 0. The van der Waals surface area contributed by atoms with Crippen molar-refractivity contribution in [2.45, 2.75) is 45.6 Å². The number of hydrogen-bond donors (Lipinski definition) is 2. The van der Waals surface area contributed by atoms with Gasteiger partial charge in [-0.25, -0.2) is 0 Å². The van der Waals surface area contributed by atoms with Gasteiger partial charge in [-0.2, -0.15) is 10.4 Å². The van der Waals surface area contributed by atoms with Gasteiger partial charge in [0.1, 0.15) is 6.10 Å². The van der Waals surface area contributed by atoms with Gasteiger partial charge in [-0.15, -0.1) is 6.58 Å². The number of nitriles is 1. The molecule has 0 aliphatic heterocycles.